The molecule has 2 heterocycles. The van der Waals surface area contributed by atoms with E-state index in [9.17, 15) is 4.79 Å². The molecular formula is C17H24Cl2N4OS. The normalized spacial score (nSPS) is 21.7. The Morgan fingerprint density at radius 1 is 1.36 bits per heavy atom. The molecule has 0 aliphatic heterocycles. The highest BCUT2D eigenvalue weighted by Gasteiger charge is 2.41. The van der Waals surface area contributed by atoms with E-state index in [2.05, 4.69) is 28.7 Å². The summed E-state index contributed by atoms with van der Waals surface area (Å²) in [5, 5.41) is 10.7. The molecule has 4 rings (SSSR count). The van der Waals surface area contributed by atoms with Gasteiger partial charge >= 0.3 is 0 Å². The smallest absolute Gasteiger partial charge is 0.265 e. The summed E-state index contributed by atoms with van der Waals surface area (Å²) in [6.45, 7) is 2.12. The van der Waals surface area contributed by atoms with Crippen LogP contribution in [-0.2, 0) is 7.05 Å². The fourth-order valence-corrected chi connectivity index (χ4v) is 4.24. The lowest BCUT2D eigenvalue weighted by atomic mass is 9.93. The molecule has 0 spiro atoms. The molecule has 0 saturated heterocycles. The first-order chi connectivity index (χ1) is 11.1. The van der Waals surface area contributed by atoms with Crippen molar-refractivity contribution in [2.45, 2.75) is 50.6 Å². The number of nitrogens with zero attached hydrogens (tertiary/aromatic N) is 2. The summed E-state index contributed by atoms with van der Waals surface area (Å²) >= 11 is 1.59. The number of hydrogen-bond donors (Lipinski definition) is 2. The van der Waals surface area contributed by atoms with Gasteiger partial charge in [-0.25, -0.2) is 0 Å². The van der Waals surface area contributed by atoms with Crippen LogP contribution < -0.4 is 10.6 Å². The first kappa shape index (κ1) is 20.2. The fourth-order valence-electron chi connectivity index (χ4n) is 3.26. The molecule has 2 atom stereocenters. The molecule has 138 valence electrons. The molecular weight excluding hydrogens is 379 g/mol. The van der Waals surface area contributed by atoms with Gasteiger partial charge in [-0.05, 0) is 37.8 Å². The lowest BCUT2D eigenvalue weighted by Crippen LogP contribution is -2.37. The number of aromatic nitrogens is 2. The summed E-state index contributed by atoms with van der Waals surface area (Å²) < 4.78 is 1.68. The van der Waals surface area contributed by atoms with Gasteiger partial charge in [-0.1, -0.05) is 6.42 Å². The van der Waals surface area contributed by atoms with Crippen LogP contribution in [0.3, 0.4) is 0 Å². The molecule has 2 aliphatic rings. The zero-order valence-electron chi connectivity index (χ0n) is 14.3. The van der Waals surface area contributed by atoms with Crippen molar-refractivity contribution in [1.82, 2.24) is 15.1 Å². The standard InChI is InChI=1S/C17H22N4OS.2ClH/c1-10-13(14-6-15(14)19-11-4-3-5-11)7-16(23-10)17(22)20-12-8-18-21(2)9-12;;/h7-9,11,14-15,19H,3-6H2,1-2H3,(H,20,22);2*1H. The summed E-state index contributed by atoms with van der Waals surface area (Å²) in [6, 6.07) is 3.43. The summed E-state index contributed by atoms with van der Waals surface area (Å²) in [5.74, 6) is 0.549. The van der Waals surface area contributed by atoms with E-state index in [1.807, 2.05) is 7.05 Å². The molecule has 8 heteroatoms. The molecule has 2 aliphatic carbocycles. The van der Waals surface area contributed by atoms with E-state index in [-0.39, 0.29) is 30.7 Å². The second-order valence-corrected chi connectivity index (χ2v) is 7.98. The second-order valence-electron chi connectivity index (χ2n) is 6.72. The summed E-state index contributed by atoms with van der Waals surface area (Å²) in [5.41, 5.74) is 2.09. The van der Waals surface area contributed by atoms with Crippen molar-refractivity contribution in [1.29, 1.82) is 0 Å². The number of carbonyl (C=O) groups excluding carboxylic acids is 1. The summed E-state index contributed by atoms with van der Waals surface area (Å²) in [7, 11) is 1.84. The topological polar surface area (TPSA) is 59.0 Å². The molecule has 0 bridgehead atoms. The zero-order valence-corrected chi connectivity index (χ0v) is 16.8. The number of nitrogens with one attached hydrogen (secondary N) is 2. The number of anilines is 1. The Labute approximate surface area is 164 Å². The quantitative estimate of drug-likeness (QED) is 0.797. The molecule has 2 aromatic rings. The van der Waals surface area contributed by atoms with E-state index < -0.39 is 0 Å². The van der Waals surface area contributed by atoms with Crippen LogP contribution in [0.2, 0.25) is 0 Å². The maximum absolute atomic E-state index is 12.4. The second kappa shape index (κ2) is 8.08. The maximum atomic E-state index is 12.4. The van der Waals surface area contributed by atoms with E-state index in [1.54, 1.807) is 28.4 Å². The van der Waals surface area contributed by atoms with Crippen molar-refractivity contribution < 1.29 is 4.79 Å². The van der Waals surface area contributed by atoms with Crippen LogP contribution in [0.4, 0.5) is 5.69 Å². The van der Waals surface area contributed by atoms with Gasteiger partial charge in [0.1, 0.15) is 0 Å². The van der Waals surface area contributed by atoms with Gasteiger partial charge in [0.25, 0.3) is 5.91 Å². The van der Waals surface area contributed by atoms with Crippen molar-refractivity contribution in [2.24, 2.45) is 7.05 Å². The Bertz CT molecular complexity index is 741. The first-order valence-corrected chi connectivity index (χ1v) is 9.08. The highest BCUT2D eigenvalue weighted by molar-refractivity contribution is 7.14. The van der Waals surface area contributed by atoms with Crippen molar-refractivity contribution in [2.75, 3.05) is 5.32 Å². The van der Waals surface area contributed by atoms with E-state index in [0.717, 1.165) is 16.6 Å². The predicted molar refractivity (Wildman–Crippen MR) is 107 cm³/mol. The van der Waals surface area contributed by atoms with Crippen LogP contribution in [0.5, 0.6) is 0 Å². The maximum Gasteiger partial charge on any atom is 0.265 e. The third kappa shape index (κ3) is 4.37. The molecule has 5 nitrogen and oxygen atoms in total. The number of rotatable bonds is 5. The molecule has 0 radical (unpaired) electrons. The average Bonchev–Trinajstić information content (AvgIpc) is 2.94. The van der Waals surface area contributed by atoms with Gasteiger partial charge < -0.3 is 10.6 Å². The first-order valence-electron chi connectivity index (χ1n) is 8.26. The van der Waals surface area contributed by atoms with Crippen LogP contribution in [-0.4, -0.2) is 27.8 Å². The summed E-state index contributed by atoms with van der Waals surface area (Å²) in [6.07, 6.45) is 8.69. The number of amides is 1. The van der Waals surface area contributed by atoms with Gasteiger partial charge in [0.05, 0.1) is 16.8 Å². The van der Waals surface area contributed by atoms with Crippen molar-refractivity contribution in [3.8, 4) is 0 Å². The third-order valence-electron chi connectivity index (χ3n) is 4.89. The molecule has 2 fully saturated rings. The fraction of sp³-hybridized carbons (Fsp3) is 0.529. The van der Waals surface area contributed by atoms with Crippen LogP contribution in [0.1, 0.15) is 51.7 Å². The minimum atomic E-state index is -0.0403. The number of halogens is 2. The van der Waals surface area contributed by atoms with Gasteiger partial charge in [-0.2, -0.15) is 5.10 Å². The number of hydrogen-bond acceptors (Lipinski definition) is 4. The van der Waals surface area contributed by atoms with E-state index in [0.29, 0.717) is 12.0 Å². The molecule has 2 unspecified atom stereocenters. The minimum absolute atomic E-state index is 0. The zero-order chi connectivity index (χ0) is 16.0. The van der Waals surface area contributed by atoms with Gasteiger partial charge in [-0.15, -0.1) is 36.2 Å². The molecule has 2 N–H and O–H groups in total. The number of aryl methyl sites for hydroxylation is 2. The Morgan fingerprint density at radius 3 is 2.72 bits per heavy atom. The predicted octanol–water partition coefficient (Wildman–Crippen LogP) is 3.88. The Kier molecular flexibility index (Phi) is 6.54. The molecule has 2 saturated carbocycles. The molecule has 0 aromatic carbocycles. The highest BCUT2D eigenvalue weighted by atomic mass is 35.5. The van der Waals surface area contributed by atoms with Gasteiger partial charge in [0.2, 0.25) is 0 Å². The Morgan fingerprint density at radius 2 is 2.12 bits per heavy atom. The lowest BCUT2D eigenvalue weighted by molar-refractivity contribution is 0.103. The number of carbonyl (C=O) groups is 1. The van der Waals surface area contributed by atoms with Gasteiger partial charge in [-0.3, -0.25) is 9.48 Å². The molecule has 1 amide bonds. The lowest BCUT2D eigenvalue weighted by Gasteiger charge is -2.26. The van der Waals surface area contributed by atoms with Gasteiger partial charge in [0, 0.05) is 36.1 Å². The van der Waals surface area contributed by atoms with Crippen LogP contribution in [0, 0.1) is 6.92 Å². The average molecular weight is 403 g/mol. The number of thiophene rings is 1. The van der Waals surface area contributed by atoms with Crippen molar-refractivity contribution in [3.05, 3.63) is 33.8 Å². The van der Waals surface area contributed by atoms with E-state index >= 15 is 0 Å². The minimum Gasteiger partial charge on any atom is -0.319 e. The Hall–Kier alpha value is -1.08. The highest BCUT2D eigenvalue weighted by Crippen LogP contribution is 2.45. The molecule has 2 aromatic heterocycles. The Balaban J connectivity index is 0.00000113. The van der Waals surface area contributed by atoms with E-state index in [4.69, 9.17) is 0 Å². The monoisotopic (exact) mass is 402 g/mol. The summed E-state index contributed by atoms with van der Waals surface area (Å²) in [4.78, 5) is 14.4. The third-order valence-corrected chi connectivity index (χ3v) is 5.95. The van der Waals surface area contributed by atoms with Crippen LogP contribution in [0.15, 0.2) is 18.5 Å². The van der Waals surface area contributed by atoms with Crippen LogP contribution in [0.25, 0.3) is 0 Å². The SMILES string of the molecule is Cc1sc(C(=O)Nc2cnn(C)c2)cc1C1CC1NC1CCC1.Cl.Cl. The van der Waals surface area contributed by atoms with Crippen molar-refractivity contribution in [3.63, 3.8) is 0 Å². The van der Waals surface area contributed by atoms with E-state index in [1.165, 1.54) is 36.1 Å². The van der Waals surface area contributed by atoms with Crippen LogP contribution >= 0.6 is 36.2 Å². The molecule has 25 heavy (non-hydrogen) atoms. The van der Waals surface area contributed by atoms with Crippen molar-refractivity contribution >= 4 is 47.7 Å². The van der Waals surface area contributed by atoms with Gasteiger partial charge in [0.15, 0.2) is 0 Å². The largest absolute Gasteiger partial charge is 0.319 e.